The molecule has 1 aromatic heterocycles. The molecule has 3 heterocycles. The lowest BCUT2D eigenvalue weighted by atomic mass is 9.93. The van der Waals surface area contributed by atoms with Crippen LogP contribution in [0.25, 0.3) is 5.69 Å². The van der Waals surface area contributed by atoms with E-state index in [9.17, 15) is 10.1 Å². The van der Waals surface area contributed by atoms with E-state index >= 15 is 0 Å². The maximum atomic E-state index is 11.6. The number of hydrogen-bond acceptors (Lipinski definition) is 7. The summed E-state index contributed by atoms with van der Waals surface area (Å²) < 4.78 is 2.80. The zero-order chi connectivity index (χ0) is 29.0. The molecule has 1 unspecified atom stereocenters. The molecule has 42 heavy (non-hydrogen) atoms. The van der Waals surface area contributed by atoms with Gasteiger partial charge in [-0.2, -0.15) is 5.10 Å². The lowest BCUT2D eigenvalue weighted by Gasteiger charge is -2.40. The first-order valence-electron chi connectivity index (χ1n) is 13.1. The summed E-state index contributed by atoms with van der Waals surface area (Å²) in [5.41, 5.74) is 5.61. The van der Waals surface area contributed by atoms with Gasteiger partial charge in [0.05, 0.1) is 33.7 Å². The number of para-hydroxylation sites is 3. The van der Waals surface area contributed by atoms with E-state index in [0.717, 1.165) is 38.4 Å². The Bertz CT molecular complexity index is 1950. The second-order valence-corrected chi connectivity index (χ2v) is 11.2. The van der Waals surface area contributed by atoms with Gasteiger partial charge >= 0.3 is 0 Å². The van der Waals surface area contributed by atoms with Gasteiger partial charge in [0, 0.05) is 21.8 Å². The molecule has 0 radical (unpaired) electrons. The van der Waals surface area contributed by atoms with Gasteiger partial charge in [0.2, 0.25) is 0 Å². The highest BCUT2D eigenvalue weighted by atomic mass is 79.9. The predicted molar refractivity (Wildman–Crippen MR) is 169 cm³/mol. The number of nitro groups is 1. The Morgan fingerprint density at radius 2 is 1.74 bits per heavy atom. The number of rotatable bonds is 4. The molecule has 0 saturated heterocycles. The Kier molecular flexibility index (Phi) is 6.37. The molecule has 5 aromatic rings. The fraction of sp³-hybridized carbons (Fsp3) is 0.0645. The van der Waals surface area contributed by atoms with Crippen molar-refractivity contribution in [1.29, 1.82) is 0 Å². The van der Waals surface area contributed by atoms with Crippen LogP contribution in [-0.2, 0) is 0 Å². The van der Waals surface area contributed by atoms with E-state index < -0.39 is 4.92 Å². The molecule has 0 aliphatic carbocycles. The lowest BCUT2D eigenvalue weighted by Crippen LogP contribution is -2.46. The highest BCUT2D eigenvalue weighted by Gasteiger charge is 2.41. The zero-order valence-electron chi connectivity index (χ0n) is 22.1. The fourth-order valence-corrected chi connectivity index (χ4v) is 6.01. The van der Waals surface area contributed by atoms with Crippen LogP contribution in [0.1, 0.15) is 22.9 Å². The normalized spacial score (nSPS) is 15.2. The van der Waals surface area contributed by atoms with Crippen LogP contribution in [0.15, 0.2) is 112 Å². The molecule has 0 saturated carbocycles. The summed E-state index contributed by atoms with van der Waals surface area (Å²) in [6.45, 7) is 2.00. The molecule has 9 nitrogen and oxygen atoms in total. The number of nitrogens with zero attached hydrogens (tertiary/aromatic N) is 6. The molecule has 0 spiro atoms. The summed E-state index contributed by atoms with van der Waals surface area (Å²) in [4.78, 5) is 23.4. The Hall–Kier alpha value is -4.80. The summed E-state index contributed by atoms with van der Waals surface area (Å²) in [7, 11) is 0. The van der Waals surface area contributed by atoms with Gasteiger partial charge in [0.15, 0.2) is 17.5 Å². The van der Waals surface area contributed by atoms with Gasteiger partial charge in [0.1, 0.15) is 5.02 Å². The maximum Gasteiger partial charge on any atom is 0.289 e. The molecule has 2 aliphatic heterocycles. The van der Waals surface area contributed by atoms with E-state index in [1.165, 1.54) is 12.1 Å². The van der Waals surface area contributed by atoms with Crippen LogP contribution >= 0.6 is 27.5 Å². The molecule has 1 atom stereocenters. The molecule has 4 aromatic carbocycles. The first-order valence-corrected chi connectivity index (χ1v) is 14.2. The molecule has 1 N–H and O–H groups in total. The van der Waals surface area contributed by atoms with Crippen LogP contribution in [-0.4, -0.2) is 26.4 Å². The van der Waals surface area contributed by atoms with Gasteiger partial charge < -0.3 is 10.2 Å². The minimum atomic E-state index is -0.507. The molecule has 11 heteroatoms. The van der Waals surface area contributed by atoms with Crippen molar-refractivity contribution in [2.75, 3.05) is 10.2 Å². The Morgan fingerprint density at radius 1 is 0.952 bits per heavy atom. The molecule has 7 rings (SSSR count). The largest absolute Gasteiger partial charge is 0.337 e. The molecular weight excluding hydrogens is 618 g/mol. The maximum absolute atomic E-state index is 11.6. The van der Waals surface area contributed by atoms with Gasteiger partial charge in [-0.05, 0) is 61.0 Å². The first kappa shape index (κ1) is 26.1. The molecule has 2 aliphatic rings. The number of halogens is 2. The molecule has 0 amide bonds. The third kappa shape index (κ3) is 4.36. The number of nitrogens with one attached hydrogen (secondary N) is 1. The van der Waals surface area contributed by atoms with E-state index in [2.05, 4.69) is 38.3 Å². The van der Waals surface area contributed by atoms with Crippen molar-refractivity contribution < 1.29 is 4.92 Å². The number of fused-ring (bicyclic) bond motifs is 4. The summed E-state index contributed by atoms with van der Waals surface area (Å²) in [6, 6.07) is 30.2. The number of nitro benzene ring substituents is 1. The van der Waals surface area contributed by atoms with E-state index in [1.54, 1.807) is 6.07 Å². The van der Waals surface area contributed by atoms with Gasteiger partial charge in [-0.3, -0.25) is 10.1 Å². The Balaban J connectivity index is 1.48. The van der Waals surface area contributed by atoms with E-state index in [1.807, 2.05) is 78.3 Å². The van der Waals surface area contributed by atoms with Crippen molar-refractivity contribution in [2.24, 2.45) is 9.98 Å². The predicted octanol–water partition coefficient (Wildman–Crippen LogP) is 8.30. The van der Waals surface area contributed by atoms with Gasteiger partial charge in [-0.25, -0.2) is 14.7 Å². The minimum absolute atomic E-state index is 0.0553. The second kappa shape index (κ2) is 10.2. The van der Waals surface area contributed by atoms with Crippen molar-refractivity contribution >= 4 is 67.8 Å². The van der Waals surface area contributed by atoms with Crippen LogP contribution in [0.5, 0.6) is 0 Å². The summed E-state index contributed by atoms with van der Waals surface area (Å²) in [6.07, 6.45) is 0. The Morgan fingerprint density at radius 3 is 2.52 bits per heavy atom. The van der Waals surface area contributed by atoms with Crippen LogP contribution in [0.2, 0.25) is 5.02 Å². The number of anilines is 2. The molecule has 0 bridgehead atoms. The van der Waals surface area contributed by atoms with Gasteiger partial charge in [-0.15, -0.1) is 0 Å². The van der Waals surface area contributed by atoms with Crippen LogP contribution in [0.3, 0.4) is 0 Å². The van der Waals surface area contributed by atoms with Crippen molar-refractivity contribution in [1.82, 2.24) is 9.78 Å². The van der Waals surface area contributed by atoms with Crippen molar-refractivity contribution in [3.05, 3.63) is 133 Å². The smallest absolute Gasteiger partial charge is 0.289 e. The van der Waals surface area contributed by atoms with Crippen LogP contribution in [0, 0.1) is 17.0 Å². The van der Waals surface area contributed by atoms with E-state index in [-0.39, 0.29) is 16.8 Å². The number of benzene rings is 4. The summed E-state index contributed by atoms with van der Waals surface area (Å²) >= 11 is 9.76. The first-order chi connectivity index (χ1) is 20.4. The minimum Gasteiger partial charge on any atom is -0.337 e. The standard InChI is InChI=1S/C31H21BrClN7O2/c1-18-27-28(19-8-7-9-20(32)16-19)38-25-13-6-5-12-24(25)35-29(34-21-14-15-23(33)26(17-21)40(41)42)31(38)36-30(27)39(37-18)22-10-3-2-4-11-22/h2-17,28H,1H3,(H,34,35). The van der Waals surface area contributed by atoms with E-state index in [0.29, 0.717) is 23.2 Å². The SMILES string of the molecule is Cc1nn(-c2ccccc2)c2c1C(c1cccc(Br)c1)N1C(=N2)C(Nc2ccc(Cl)c([N+](=O)[O-])c2)=Nc2ccccc21. The van der Waals surface area contributed by atoms with Crippen molar-refractivity contribution in [3.63, 3.8) is 0 Å². The average Bonchev–Trinajstić information content (AvgIpc) is 3.33. The van der Waals surface area contributed by atoms with Crippen LogP contribution < -0.4 is 10.2 Å². The number of amidine groups is 2. The Labute approximate surface area is 254 Å². The third-order valence-electron chi connectivity index (χ3n) is 7.21. The number of aliphatic imine (C=N–C) groups is 2. The quantitative estimate of drug-likeness (QED) is 0.158. The second-order valence-electron chi connectivity index (χ2n) is 9.83. The monoisotopic (exact) mass is 637 g/mol. The third-order valence-corrected chi connectivity index (χ3v) is 8.02. The molecule has 0 fully saturated rings. The fourth-order valence-electron chi connectivity index (χ4n) is 5.41. The number of aryl methyl sites for hydroxylation is 1. The molecular formula is C31H21BrClN7O2. The zero-order valence-corrected chi connectivity index (χ0v) is 24.4. The average molecular weight is 639 g/mol. The summed E-state index contributed by atoms with van der Waals surface area (Å²) in [5, 5.41) is 19.9. The van der Waals surface area contributed by atoms with Crippen molar-refractivity contribution in [3.8, 4) is 5.69 Å². The highest BCUT2D eigenvalue weighted by molar-refractivity contribution is 9.10. The lowest BCUT2D eigenvalue weighted by molar-refractivity contribution is -0.384. The topological polar surface area (TPSA) is 101 Å². The summed E-state index contributed by atoms with van der Waals surface area (Å²) in [5.74, 6) is 1.68. The van der Waals surface area contributed by atoms with Crippen molar-refractivity contribution in [2.45, 2.75) is 13.0 Å². The van der Waals surface area contributed by atoms with E-state index in [4.69, 9.17) is 26.7 Å². The number of aromatic nitrogens is 2. The van der Waals surface area contributed by atoms with Crippen LogP contribution in [0.4, 0.5) is 28.6 Å². The number of hydrogen-bond donors (Lipinski definition) is 1. The molecule has 206 valence electrons. The van der Waals surface area contributed by atoms with Gasteiger partial charge in [0.25, 0.3) is 5.69 Å². The van der Waals surface area contributed by atoms with Gasteiger partial charge in [-0.1, -0.05) is 70.0 Å². The highest BCUT2D eigenvalue weighted by Crippen LogP contribution is 2.48.